The molecule has 0 aromatic heterocycles. The first-order valence-electron chi connectivity index (χ1n) is 8.61. The first-order valence-corrected chi connectivity index (χ1v) is 8.61. The Balaban J connectivity index is 2.06. The molecule has 0 radical (unpaired) electrons. The average molecular weight is 308 g/mol. The molecule has 22 heavy (non-hydrogen) atoms. The summed E-state index contributed by atoms with van der Waals surface area (Å²) in [6.45, 7) is 4.12. The standard InChI is InChI=1S/C19H32O3/c1-16(20)17-11-14-19(2,15-12-17)13-9-7-5-4-6-8-10-18(21)22-3/h11-12,14,16,20H,4-10,13,15H2,1-3H3/t16-,19+/m1/s1. The molecule has 1 N–H and O–H groups in total. The number of aliphatic hydroxyl groups excluding tert-OH is 1. The number of ether oxygens (including phenoxy) is 1. The van der Waals surface area contributed by atoms with E-state index in [-0.39, 0.29) is 17.5 Å². The van der Waals surface area contributed by atoms with E-state index in [1.807, 2.05) is 6.92 Å². The van der Waals surface area contributed by atoms with Gasteiger partial charge in [0, 0.05) is 6.42 Å². The number of carbonyl (C=O) groups is 1. The van der Waals surface area contributed by atoms with E-state index in [9.17, 15) is 9.90 Å². The Morgan fingerprint density at radius 2 is 1.91 bits per heavy atom. The summed E-state index contributed by atoms with van der Waals surface area (Å²) < 4.78 is 4.63. The maximum Gasteiger partial charge on any atom is 0.305 e. The van der Waals surface area contributed by atoms with Crippen molar-refractivity contribution in [2.75, 3.05) is 7.11 Å². The van der Waals surface area contributed by atoms with E-state index in [2.05, 4.69) is 29.9 Å². The fraction of sp³-hybridized carbons (Fsp3) is 0.737. The molecule has 3 nitrogen and oxygen atoms in total. The van der Waals surface area contributed by atoms with Crippen molar-refractivity contribution in [1.82, 2.24) is 0 Å². The molecule has 0 aromatic carbocycles. The molecule has 0 spiro atoms. The second kappa shape index (κ2) is 9.83. The summed E-state index contributed by atoms with van der Waals surface area (Å²) >= 11 is 0. The zero-order chi connectivity index (χ0) is 16.4. The topological polar surface area (TPSA) is 46.5 Å². The first-order chi connectivity index (χ1) is 10.5. The highest BCUT2D eigenvalue weighted by atomic mass is 16.5. The van der Waals surface area contributed by atoms with Crippen LogP contribution >= 0.6 is 0 Å². The van der Waals surface area contributed by atoms with Crippen LogP contribution < -0.4 is 0 Å². The molecule has 0 unspecified atom stereocenters. The zero-order valence-electron chi connectivity index (χ0n) is 14.4. The fourth-order valence-electron chi connectivity index (χ4n) is 2.89. The summed E-state index contributed by atoms with van der Waals surface area (Å²) in [5.74, 6) is -0.0957. The predicted molar refractivity (Wildman–Crippen MR) is 90.6 cm³/mol. The van der Waals surface area contributed by atoms with E-state index in [0.717, 1.165) is 24.8 Å². The minimum Gasteiger partial charge on any atom is -0.469 e. The Morgan fingerprint density at radius 1 is 1.27 bits per heavy atom. The highest BCUT2D eigenvalue weighted by molar-refractivity contribution is 5.68. The van der Waals surface area contributed by atoms with Gasteiger partial charge < -0.3 is 9.84 Å². The number of aliphatic hydroxyl groups is 1. The highest BCUT2D eigenvalue weighted by Crippen LogP contribution is 2.35. The van der Waals surface area contributed by atoms with Crippen LogP contribution in [-0.4, -0.2) is 24.3 Å². The van der Waals surface area contributed by atoms with E-state index in [4.69, 9.17) is 0 Å². The summed E-state index contributed by atoms with van der Waals surface area (Å²) in [5, 5.41) is 9.57. The molecule has 0 aromatic rings. The van der Waals surface area contributed by atoms with Crippen LogP contribution in [0.5, 0.6) is 0 Å². The molecular weight excluding hydrogens is 276 g/mol. The third-order valence-electron chi connectivity index (χ3n) is 4.57. The molecule has 0 heterocycles. The van der Waals surface area contributed by atoms with Crippen molar-refractivity contribution in [3.05, 3.63) is 23.8 Å². The lowest BCUT2D eigenvalue weighted by Gasteiger charge is -2.28. The van der Waals surface area contributed by atoms with Gasteiger partial charge in [0.2, 0.25) is 0 Å². The number of rotatable bonds is 10. The van der Waals surface area contributed by atoms with Crippen molar-refractivity contribution in [3.63, 3.8) is 0 Å². The molecule has 1 aliphatic carbocycles. The fourth-order valence-corrected chi connectivity index (χ4v) is 2.89. The molecule has 126 valence electrons. The Hall–Kier alpha value is -1.09. The van der Waals surface area contributed by atoms with Gasteiger partial charge in [-0.2, -0.15) is 0 Å². The van der Waals surface area contributed by atoms with Gasteiger partial charge in [0.15, 0.2) is 0 Å². The van der Waals surface area contributed by atoms with Crippen molar-refractivity contribution < 1.29 is 14.6 Å². The van der Waals surface area contributed by atoms with Crippen molar-refractivity contribution in [2.45, 2.75) is 77.7 Å². The summed E-state index contributed by atoms with van der Waals surface area (Å²) in [6, 6.07) is 0. The van der Waals surface area contributed by atoms with Gasteiger partial charge >= 0.3 is 5.97 Å². The second-order valence-corrected chi connectivity index (χ2v) is 6.77. The quantitative estimate of drug-likeness (QED) is 0.475. The molecule has 0 amide bonds. The summed E-state index contributed by atoms with van der Waals surface area (Å²) in [6.07, 6.45) is 16.0. The van der Waals surface area contributed by atoms with E-state index >= 15 is 0 Å². The van der Waals surface area contributed by atoms with Crippen molar-refractivity contribution in [2.24, 2.45) is 5.41 Å². The molecule has 0 fully saturated rings. The van der Waals surface area contributed by atoms with Crippen LogP contribution in [-0.2, 0) is 9.53 Å². The Bertz CT molecular complexity index is 395. The predicted octanol–water partition coefficient (Wildman–Crippen LogP) is 4.55. The number of methoxy groups -OCH3 is 1. The third kappa shape index (κ3) is 7.26. The normalized spacial score (nSPS) is 22.3. The number of carbonyl (C=O) groups excluding carboxylic acids is 1. The van der Waals surface area contributed by atoms with Gasteiger partial charge in [-0.1, -0.05) is 57.3 Å². The van der Waals surface area contributed by atoms with E-state index < -0.39 is 0 Å². The molecule has 1 rings (SSSR count). The molecule has 0 aliphatic heterocycles. The lowest BCUT2D eigenvalue weighted by Crippen LogP contribution is -2.17. The van der Waals surface area contributed by atoms with E-state index in [1.165, 1.54) is 39.2 Å². The highest BCUT2D eigenvalue weighted by Gasteiger charge is 2.22. The van der Waals surface area contributed by atoms with Gasteiger partial charge in [-0.25, -0.2) is 0 Å². The van der Waals surface area contributed by atoms with Gasteiger partial charge in [-0.15, -0.1) is 0 Å². The molecule has 0 saturated carbocycles. The smallest absolute Gasteiger partial charge is 0.305 e. The molecule has 3 heteroatoms. The maximum absolute atomic E-state index is 11.0. The molecule has 2 atom stereocenters. The number of esters is 1. The minimum absolute atomic E-state index is 0.0957. The minimum atomic E-state index is -0.356. The van der Waals surface area contributed by atoms with Crippen LogP contribution in [0, 0.1) is 5.41 Å². The van der Waals surface area contributed by atoms with Gasteiger partial charge in [-0.3, -0.25) is 4.79 Å². The van der Waals surface area contributed by atoms with Crippen LogP contribution in [0.3, 0.4) is 0 Å². The van der Waals surface area contributed by atoms with Gasteiger partial charge in [-0.05, 0) is 37.2 Å². The van der Waals surface area contributed by atoms with Gasteiger partial charge in [0.05, 0.1) is 13.2 Å². The Morgan fingerprint density at radius 3 is 2.45 bits per heavy atom. The lowest BCUT2D eigenvalue weighted by molar-refractivity contribution is -0.140. The Kier molecular flexibility index (Phi) is 8.47. The van der Waals surface area contributed by atoms with Crippen LogP contribution in [0.15, 0.2) is 23.8 Å². The van der Waals surface area contributed by atoms with Crippen LogP contribution in [0.4, 0.5) is 0 Å². The average Bonchev–Trinajstić information content (AvgIpc) is 2.50. The van der Waals surface area contributed by atoms with Crippen LogP contribution in [0.2, 0.25) is 0 Å². The third-order valence-corrected chi connectivity index (χ3v) is 4.57. The Labute approximate surface area is 135 Å². The zero-order valence-corrected chi connectivity index (χ0v) is 14.4. The molecule has 0 bridgehead atoms. The lowest BCUT2D eigenvalue weighted by atomic mass is 9.77. The SMILES string of the molecule is COC(=O)CCCCCCCC[C@@]1(C)C=CC([C@@H](C)O)=CC1. The number of hydrogen-bond acceptors (Lipinski definition) is 3. The monoisotopic (exact) mass is 308 g/mol. The number of allylic oxidation sites excluding steroid dienone is 2. The maximum atomic E-state index is 11.0. The van der Waals surface area contributed by atoms with E-state index in [1.54, 1.807) is 0 Å². The van der Waals surface area contributed by atoms with Crippen molar-refractivity contribution in [1.29, 1.82) is 0 Å². The van der Waals surface area contributed by atoms with Gasteiger partial charge in [0.1, 0.15) is 0 Å². The van der Waals surface area contributed by atoms with Crippen molar-refractivity contribution in [3.8, 4) is 0 Å². The second-order valence-electron chi connectivity index (χ2n) is 6.77. The molecule has 0 saturated heterocycles. The number of hydrogen-bond donors (Lipinski definition) is 1. The summed E-state index contributed by atoms with van der Waals surface area (Å²) in [7, 11) is 1.45. The number of unbranched alkanes of at least 4 members (excludes halogenated alkanes) is 5. The van der Waals surface area contributed by atoms with E-state index in [0.29, 0.717) is 6.42 Å². The van der Waals surface area contributed by atoms with Crippen LogP contribution in [0.25, 0.3) is 0 Å². The summed E-state index contributed by atoms with van der Waals surface area (Å²) in [4.78, 5) is 11.0. The first kappa shape index (κ1) is 19.0. The van der Waals surface area contributed by atoms with Crippen LogP contribution in [0.1, 0.15) is 71.6 Å². The van der Waals surface area contributed by atoms with Crippen molar-refractivity contribution >= 4 is 5.97 Å². The molecular formula is C19H32O3. The molecule has 1 aliphatic rings. The summed E-state index contributed by atoms with van der Waals surface area (Å²) in [5.41, 5.74) is 1.30. The largest absolute Gasteiger partial charge is 0.469 e. The van der Waals surface area contributed by atoms with Gasteiger partial charge in [0.25, 0.3) is 0 Å².